The Hall–Kier alpha value is -2.55. The minimum absolute atomic E-state index is 0.0404. The maximum absolute atomic E-state index is 12.6. The van der Waals surface area contributed by atoms with Crippen molar-refractivity contribution < 1.29 is 4.79 Å². The lowest BCUT2D eigenvalue weighted by Crippen LogP contribution is -2.28. The molecule has 3 aromatic rings. The molecule has 0 saturated heterocycles. The van der Waals surface area contributed by atoms with Crippen LogP contribution in [-0.4, -0.2) is 17.4 Å². The molecule has 2 N–H and O–H groups in total. The van der Waals surface area contributed by atoms with Gasteiger partial charge in [-0.05, 0) is 36.0 Å². The highest BCUT2D eigenvalue weighted by Crippen LogP contribution is 2.34. The number of aromatic amines is 1. The summed E-state index contributed by atoms with van der Waals surface area (Å²) in [6.45, 7) is 9.21. The highest BCUT2D eigenvalue weighted by atomic mass is 16.1. The van der Waals surface area contributed by atoms with E-state index in [1.807, 2.05) is 0 Å². The number of amides is 1. The second-order valence-corrected chi connectivity index (χ2v) is 7.80. The van der Waals surface area contributed by atoms with Crippen LogP contribution in [0.4, 0.5) is 0 Å². The van der Waals surface area contributed by atoms with E-state index < -0.39 is 0 Å². The Bertz CT molecular complexity index is 906. The van der Waals surface area contributed by atoms with Crippen LogP contribution in [0.5, 0.6) is 0 Å². The quantitative estimate of drug-likeness (QED) is 0.586. The summed E-state index contributed by atoms with van der Waals surface area (Å²) in [5.41, 5.74) is 6.11. The molecule has 0 bridgehead atoms. The molecule has 0 spiro atoms. The second-order valence-electron chi connectivity index (χ2n) is 7.80. The fourth-order valence-electron chi connectivity index (χ4n) is 3.60. The van der Waals surface area contributed by atoms with Gasteiger partial charge in [-0.3, -0.25) is 4.79 Å². The number of para-hydroxylation sites is 1. The van der Waals surface area contributed by atoms with Gasteiger partial charge in [-0.2, -0.15) is 0 Å². The number of aryl methyl sites for hydroxylation is 2. The zero-order valence-electron chi connectivity index (χ0n) is 16.8. The summed E-state index contributed by atoms with van der Waals surface area (Å²) in [7, 11) is 0. The molecule has 0 aliphatic rings. The maximum atomic E-state index is 12.6. The normalized spacial score (nSPS) is 12.5. The molecule has 3 heteroatoms. The number of carbonyl (C=O) groups excluding carboxylic acids is 1. The Morgan fingerprint density at radius 2 is 1.85 bits per heavy atom. The molecule has 2 aromatic carbocycles. The SMILES string of the molecule is CCc1cccc2c([C@@H](CC(=O)NCC(C)C)c3ccc(C)cc3)c[nH]c12. The van der Waals surface area contributed by atoms with Crippen molar-refractivity contribution in [2.75, 3.05) is 6.54 Å². The van der Waals surface area contributed by atoms with Crippen LogP contribution < -0.4 is 5.32 Å². The Kier molecular flexibility index (Phi) is 6.00. The van der Waals surface area contributed by atoms with Gasteiger partial charge in [-0.25, -0.2) is 0 Å². The molecule has 0 aliphatic heterocycles. The van der Waals surface area contributed by atoms with E-state index in [0.717, 1.165) is 6.42 Å². The van der Waals surface area contributed by atoms with Crippen LogP contribution in [0.1, 0.15) is 55.4 Å². The highest BCUT2D eigenvalue weighted by Gasteiger charge is 2.22. The summed E-state index contributed by atoms with van der Waals surface area (Å²) in [5, 5.41) is 4.30. The molecular weight excluding hydrogens is 332 g/mol. The van der Waals surface area contributed by atoms with Crippen molar-refractivity contribution in [1.82, 2.24) is 10.3 Å². The summed E-state index contributed by atoms with van der Waals surface area (Å²) in [6, 6.07) is 15.0. The van der Waals surface area contributed by atoms with E-state index in [1.54, 1.807) is 0 Å². The first-order chi connectivity index (χ1) is 13.0. The number of carbonyl (C=O) groups is 1. The van der Waals surface area contributed by atoms with Gasteiger partial charge in [0, 0.05) is 36.0 Å². The number of hydrogen-bond donors (Lipinski definition) is 2. The predicted octanol–water partition coefficient (Wildman–Crippen LogP) is 5.33. The van der Waals surface area contributed by atoms with Gasteiger partial charge in [-0.1, -0.05) is 68.8 Å². The van der Waals surface area contributed by atoms with Crippen LogP contribution in [0.2, 0.25) is 0 Å². The number of H-pyrrole nitrogens is 1. The largest absolute Gasteiger partial charge is 0.361 e. The van der Waals surface area contributed by atoms with Gasteiger partial charge in [0.2, 0.25) is 5.91 Å². The molecule has 1 aromatic heterocycles. The third-order valence-corrected chi connectivity index (χ3v) is 5.17. The Morgan fingerprint density at radius 1 is 1.11 bits per heavy atom. The molecule has 1 atom stereocenters. The summed E-state index contributed by atoms with van der Waals surface area (Å²) >= 11 is 0. The van der Waals surface area contributed by atoms with E-state index in [0.29, 0.717) is 18.9 Å². The number of rotatable bonds is 7. The van der Waals surface area contributed by atoms with E-state index in [4.69, 9.17) is 0 Å². The molecule has 0 unspecified atom stereocenters. The van der Waals surface area contributed by atoms with Crippen LogP contribution in [-0.2, 0) is 11.2 Å². The summed E-state index contributed by atoms with van der Waals surface area (Å²) in [5.74, 6) is 0.598. The van der Waals surface area contributed by atoms with Gasteiger partial charge < -0.3 is 10.3 Å². The summed E-state index contributed by atoms with van der Waals surface area (Å²) in [6.07, 6.45) is 3.53. The molecular formula is C24H30N2O. The van der Waals surface area contributed by atoms with Crippen molar-refractivity contribution in [3.8, 4) is 0 Å². The Morgan fingerprint density at radius 3 is 2.52 bits per heavy atom. The molecule has 142 valence electrons. The number of fused-ring (bicyclic) bond motifs is 1. The first kappa shape index (κ1) is 19.2. The average molecular weight is 363 g/mol. The maximum Gasteiger partial charge on any atom is 0.220 e. The lowest BCUT2D eigenvalue weighted by Gasteiger charge is -2.18. The van der Waals surface area contributed by atoms with E-state index in [-0.39, 0.29) is 11.8 Å². The smallest absolute Gasteiger partial charge is 0.220 e. The zero-order chi connectivity index (χ0) is 19.4. The highest BCUT2D eigenvalue weighted by molar-refractivity contribution is 5.88. The van der Waals surface area contributed by atoms with E-state index in [1.165, 1.54) is 33.2 Å². The second kappa shape index (κ2) is 8.43. The molecule has 1 heterocycles. The fraction of sp³-hybridized carbons (Fsp3) is 0.375. The van der Waals surface area contributed by atoms with Gasteiger partial charge in [0.1, 0.15) is 0 Å². The number of benzene rings is 2. The number of aromatic nitrogens is 1. The Balaban J connectivity index is 1.99. The van der Waals surface area contributed by atoms with Crippen LogP contribution in [0.3, 0.4) is 0 Å². The lowest BCUT2D eigenvalue weighted by atomic mass is 9.87. The minimum Gasteiger partial charge on any atom is -0.361 e. The lowest BCUT2D eigenvalue weighted by molar-refractivity contribution is -0.121. The van der Waals surface area contributed by atoms with Crippen LogP contribution in [0.25, 0.3) is 10.9 Å². The third kappa shape index (κ3) is 4.41. The minimum atomic E-state index is 0.0404. The molecule has 0 fully saturated rings. The van der Waals surface area contributed by atoms with E-state index in [2.05, 4.69) is 86.7 Å². The summed E-state index contributed by atoms with van der Waals surface area (Å²) in [4.78, 5) is 16.1. The molecule has 3 nitrogen and oxygen atoms in total. The standard InChI is InChI=1S/C24H30N2O/c1-5-18-7-6-8-20-22(15-26-24(18)20)21(13-23(27)25-14-16(2)3)19-11-9-17(4)10-12-19/h6-12,15-16,21,26H,5,13-14H2,1-4H3,(H,25,27)/t21-/m0/s1. The van der Waals surface area contributed by atoms with Gasteiger partial charge in [0.05, 0.1) is 0 Å². The summed E-state index contributed by atoms with van der Waals surface area (Å²) < 4.78 is 0. The van der Waals surface area contributed by atoms with E-state index in [9.17, 15) is 4.79 Å². The van der Waals surface area contributed by atoms with Crippen molar-refractivity contribution in [2.24, 2.45) is 5.92 Å². The van der Waals surface area contributed by atoms with Crippen molar-refractivity contribution in [3.05, 3.63) is 70.9 Å². The molecule has 1 amide bonds. The molecule has 0 aliphatic carbocycles. The van der Waals surface area contributed by atoms with Crippen LogP contribution in [0, 0.1) is 12.8 Å². The van der Waals surface area contributed by atoms with Crippen molar-refractivity contribution in [3.63, 3.8) is 0 Å². The van der Waals surface area contributed by atoms with Crippen LogP contribution in [0.15, 0.2) is 48.7 Å². The first-order valence-corrected chi connectivity index (χ1v) is 9.91. The topological polar surface area (TPSA) is 44.9 Å². The van der Waals surface area contributed by atoms with Crippen molar-refractivity contribution >= 4 is 16.8 Å². The van der Waals surface area contributed by atoms with Gasteiger partial charge >= 0.3 is 0 Å². The molecule has 0 saturated carbocycles. The van der Waals surface area contributed by atoms with Crippen LogP contribution >= 0.6 is 0 Å². The monoisotopic (exact) mass is 362 g/mol. The third-order valence-electron chi connectivity index (χ3n) is 5.17. The van der Waals surface area contributed by atoms with Gasteiger partial charge in [0.15, 0.2) is 0 Å². The van der Waals surface area contributed by atoms with Gasteiger partial charge in [0.25, 0.3) is 0 Å². The Labute approximate surface area is 162 Å². The van der Waals surface area contributed by atoms with E-state index >= 15 is 0 Å². The van der Waals surface area contributed by atoms with Crippen molar-refractivity contribution in [1.29, 1.82) is 0 Å². The predicted molar refractivity (Wildman–Crippen MR) is 113 cm³/mol. The van der Waals surface area contributed by atoms with Gasteiger partial charge in [-0.15, -0.1) is 0 Å². The fourth-order valence-corrected chi connectivity index (χ4v) is 3.60. The average Bonchev–Trinajstić information content (AvgIpc) is 3.09. The molecule has 27 heavy (non-hydrogen) atoms. The number of nitrogens with one attached hydrogen (secondary N) is 2. The zero-order valence-corrected chi connectivity index (χ0v) is 16.8. The molecule has 3 rings (SSSR count). The van der Waals surface area contributed by atoms with Crippen molar-refractivity contribution in [2.45, 2.75) is 46.5 Å². The number of hydrogen-bond acceptors (Lipinski definition) is 1. The molecule has 0 radical (unpaired) electrons. The first-order valence-electron chi connectivity index (χ1n) is 9.91.